The van der Waals surface area contributed by atoms with E-state index in [1.807, 2.05) is 6.92 Å². The molecule has 0 unspecified atom stereocenters. The molecule has 0 N–H and O–H groups in total. The number of hydrogen-bond donors (Lipinski definition) is 0. The molecule has 0 aliphatic heterocycles. The van der Waals surface area contributed by atoms with Crippen LogP contribution < -0.4 is 0 Å². The second kappa shape index (κ2) is 13.6. The topological polar surface area (TPSA) is 26.3 Å². The van der Waals surface area contributed by atoms with E-state index in [-0.39, 0.29) is 5.97 Å². The molecule has 19 heavy (non-hydrogen) atoms. The van der Waals surface area contributed by atoms with Crippen molar-refractivity contribution in [1.29, 1.82) is 0 Å². The maximum absolute atomic E-state index is 11.5. The molecule has 0 heterocycles. The van der Waals surface area contributed by atoms with Crippen LogP contribution in [0.3, 0.4) is 0 Å². The lowest BCUT2D eigenvalue weighted by atomic mass is 10.0. The maximum atomic E-state index is 11.5. The van der Waals surface area contributed by atoms with Crippen LogP contribution in [0.2, 0.25) is 0 Å². The molecule has 112 valence electrons. The molecule has 0 bridgehead atoms. The van der Waals surface area contributed by atoms with Crippen LogP contribution in [-0.2, 0) is 9.53 Å². The quantitative estimate of drug-likeness (QED) is 0.268. The summed E-state index contributed by atoms with van der Waals surface area (Å²) < 4.78 is 5.00. The third-order valence-electron chi connectivity index (χ3n) is 3.31. The minimum atomic E-state index is -0.167. The van der Waals surface area contributed by atoms with E-state index >= 15 is 0 Å². The number of allylic oxidation sites excluding steroid dienone is 1. The molecule has 0 atom stereocenters. The highest BCUT2D eigenvalue weighted by Crippen LogP contribution is 2.17. The molecule has 0 amide bonds. The van der Waals surface area contributed by atoms with Crippen molar-refractivity contribution >= 4 is 5.97 Å². The molecule has 0 aliphatic carbocycles. The first-order valence-electron chi connectivity index (χ1n) is 8.10. The molecule has 0 spiro atoms. The predicted molar refractivity (Wildman–Crippen MR) is 82.2 cm³/mol. The number of hydrogen-bond acceptors (Lipinski definition) is 2. The fraction of sp³-hybridized carbons (Fsp3) is 0.824. The summed E-state index contributed by atoms with van der Waals surface area (Å²) in [5.74, 6) is -0.167. The molecule has 2 heteroatoms. The smallest absolute Gasteiger partial charge is 0.330 e. The Morgan fingerprint density at radius 1 is 0.842 bits per heavy atom. The van der Waals surface area contributed by atoms with Gasteiger partial charge in [0.2, 0.25) is 0 Å². The Hall–Kier alpha value is -0.790. The molecule has 0 aromatic carbocycles. The monoisotopic (exact) mass is 268 g/mol. The van der Waals surface area contributed by atoms with Gasteiger partial charge >= 0.3 is 5.97 Å². The molecule has 0 rings (SSSR count). The van der Waals surface area contributed by atoms with E-state index in [1.165, 1.54) is 56.9 Å². The Labute approximate surface area is 119 Å². The predicted octanol–water partition coefficient (Wildman–Crippen LogP) is 5.42. The van der Waals surface area contributed by atoms with E-state index < -0.39 is 0 Å². The lowest BCUT2D eigenvalue weighted by molar-refractivity contribution is -0.137. The number of rotatable bonds is 12. The molecule has 0 aliphatic rings. The van der Waals surface area contributed by atoms with Gasteiger partial charge in [-0.1, -0.05) is 57.9 Å². The van der Waals surface area contributed by atoms with Crippen molar-refractivity contribution in [2.45, 2.75) is 85.0 Å². The fourth-order valence-electron chi connectivity index (χ4n) is 2.16. The Kier molecular flexibility index (Phi) is 13.1. The van der Waals surface area contributed by atoms with E-state index in [2.05, 4.69) is 13.8 Å². The van der Waals surface area contributed by atoms with Crippen LogP contribution in [0.1, 0.15) is 85.0 Å². The van der Waals surface area contributed by atoms with Crippen LogP contribution in [0.25, 0.3) is 0 Å². The van der Waals surface area contributed by atoms with Crippen LogP contribution in [0.5, 0.6) is 0 Å². The lowest BCUT2D eigenvalue weighted by Crippen LogP contribution is -2.01. The highest BCUT2D eigenvalue weighted by molar-refractivity contribution is 5.82. The molecule has 0 aromatic rings. The largest absolute Gasteiger partial charge is 0.463 e. The van der Waals surface area contributed by atoms with E-state index in [9.17, 15) is 4.79 Å². The fourth-order valence-corrected chi connectivity index (χ4v) is 2.16. The minimum absolute atomic E-state index is 0.167. The first kappa shape index (κ1) is 18.2. The average molecular weight is 268 g/mol. The first-order valence-corrected chi connectivity index (χ1v) is 8.10. The standard InChI is InChI=1S/C17H32O2/c1-4-7-9-10-11-12-14-16(13-8-5-2)15-17(18)19-6-3/h15H,4-14H2,1-3H3/b16-15+. The Bertz CT molecular complexity index is 244. The normalized spacial score (nSPS) is 11.6. The van der Waals surface area contributed by atoms with Crippen LogP contribution in [0.15, 0.2) is 11.6 Å². The van der Waals surface area contributed by atoms with Crippen LogP contribution >= 0.6 is 0 Å². The van der Waals surface area contributed by atoms with Gasteiger partial charge in [-0.05, 0) is 32.6 Å². The minimum Gasteiger partial charge on any atom is -0.463 e. The summed E-state index contributed by atoms with van der Waals surface area (Å²) in [6.07, 6.45) is 14.0. The molecule has 2 nitrogen and oxygen atoms in total. The third kappa shape index (κ3) is 12.0. The third-order valence-corrected chi connectivity index (χ3v) is 3.31. The van der Waals surface area contributed by atoms with Crippen molar-refractivity contribution in [3.63, 3.8) is 0 Å². The second-order valence-electron chi connectivity index (χ2n) is 5.18. The van der Waals surface area contributed by atoms with E-state index in [0.29, 0.717) is 6.61 Å². The van der Waals surface area contributed by atoms with Crippen LogP contribution in [-0.4, -0.2) is 12.6 Å². The van der Waals surface area contributed by atoms with Crippen LogP contribution in [0.4, 0.5) is 0 Å². The molecule has 0 radical (unpaired) electrons. The zero-order valence-electron chi connectivity index (χ0n) is 13.2. The summed E-state index contributed by atoms with van der Waals surface area (Å²) >= 11 is 0. The summed E-state index contributed by atoms with van der Waals surface area (Å²) in [6.45, 7) is 6.75. The van der Waals surface area contributed by atoms with Gasteiger partial charge in [0.25, 0.3) is 0 Å². The summed E-state index contributed by atoms with van der Waals surface area (Å²) in [6, 6.07) is 0. The van der Waals surface area contributed by atoms with E-state index in [1.54, 1.807) is 6.08 Å². The highest BCUT2D eigenvalue weighted by Gasteiger charge is 2.03. The van der Waals surface area contributed by atoms with Crippen molar-refractivity contribution in [2.24, 2.45) is 0 Å². The van der Waals surface area contributed by atoms with Crippen molar-refractivity contribution in [3.05, 3.63) is 11.6 Å². The lowest BCUT2D eigenvalue weighted by Gasteiger charge is -2.07. The van der Waals surface area contributed by atoms with Gasteiger partial charge in [0.1, 0.15) is 0 Å². The van der Waals surface area contributed by atoms with Crippen molar-refractivity contribution in [3.8, 4) is 0 Å². The molecule has 0 aromatic heterocycles. The molecule has 0 saturated carbocycles. The van der Waals surface area contributed by atoms with Crippen molar-refractivity contribution < 1.29 is 9.53 Å². The van der Waals surface area contributed by atoms with Gasteiger partial charge in [0.15, 0.2) is 0 Å². The highest BCUT2D eigenvalue weighted by atomic mass is 16.5. The van der Waals surface area contributed by atoms with Gasteiger partial charge in [-0.3, -0.25) is 0 Å². The van der Waals surface area contributed by atoms with Gasteiger partial charge in [0, 0.05) is 6.08 Å². The van der Waals surface area contributed by atoms with Gasteiger partial charge in [-0.15, -0.1) is 0 Å². The van der Waals surface area contributed by atoms with E-state index in [0.717, 1.165) is 12.8 Å². The van der Waals surface area contributed by atoms with Gasteiger partial charge in [0.05, 0.1) is 6.61 Å². The van der Waals surface area contributed by atoms with Gasteiger partial charge < -0.3 is 4.74 Å². The first-order chi connectivity index (χ1) is 9.24. The Balaban J connectivity index is 3.95. The average Bonchev–Trinajstić information content (AvgIpc) is 2.39. The molecule has 0 fully saturated rings. The molecule has 0 saturated heterocycles. The summed E-state index contributed by atoms with van der Waals surface area (Å²) in [7, 11) is 0. The number of carbonyl (C=O) groups is 1. The number of ether oxygens (including phenoxy) is 1. The SMILES string of the molecule is CCCCCCCC/C(=C/C(=O)OCC)CCCC. The maximum Gasteiger partial charge on any atom is 0.330 e. The Morgan fingerprint density at radius 3 is 2.05 bits per heavy atom. The zero-order valence-corrected chi connectivity index (χ0v) is 13.2. The second-order valence-corrected chi connectivity index (χ2v) is 5.18. The summed E-state index contributed by atoms with van der Waals surface area (Å²) in [4.78, 5) is 11.5. The number of unbranched alkanes of at least 4 members (excludes halogenated alkanes) is 6. The van der Waals surface area contributed by atoms with Gasteiger partial charge in [-0.25, -0.2) is 4.79 Å². The summed E-state index contributed by atoms with van der Waals surface area (Å²) in [5.41, 5.74) is 1.27. The summed E-state index contributed by atoms with van der Waals surface area (Å²) in [5, 5.41) is 0. The van der Waals surface area contributed by atoms with Crippen molar-refractivity contribution in [2.75, 3.05) is 6.61 Å². The molecular weight excluding hydrogens is 236 g/mol. The number of esters is 1. The van der Waals surface area contributed by atoms with Crippen molar-refractivity contribution in [1.82, 2.24) is 0 Å². The van der Waals surface area contributed by atoms with Crippen LogP contribution in [0, 0.1) is 0 Å². The van der Waals surface area contributed by atoms with Gasteiger partial charge in [-0.2, -0.15) is 0 Å². The Morgan fingerprint density at radius 2 is 1.42 bits per heavy atom. The zero-order chi connectivity index (χ0) is 14.3. The van der Waals surface area contributed by atoms with E-state index in [4.69, 9.17) is 4.74 Å². The number of carbonyl (C=O) groups excluding carboxylic acids is 1. The molecular formula is C17H32O2.